The van der Waals surface area contributed by atoms with Gasteiger partial charge in [-0.3, -0.25) is 0 Å². The average Bonchev–Trinajstić information content (AvgIpc) is 2.26. The van der Waals surface area contributed by atoms with Gasteiger partial charge in [-0.15, -0.1) is 0 Å². The zero-order valence-electron chi connectivity index (χ0n) is 8.83. The first-order valence-electron chi connectivity index (χ1n) is 4.88. The molecule has 2 nitrogen and oxygen atoms in total. The molecule has 0 saturated heterocycles. The lowest BCUT2D eigenvalue weighted by molar-refractivity contribution is 0.319. The number of thioether (sulfide) groups is 1. The van der Waals surface area contributed by atoms with Crippen LogP contribution in [-0.2, 0) is 6.54 Å². The molecule has 84 valence electrons. The molecule has 0 aliphatic carbocycles. The van der Waals surface area contributed by atoms with E-state index in [2.05, 4.69) is 6.26 Å². The highest BCUT2D eigenvalue weighted by molar-refractivity contribution is 7.98. The summed E-state index contributed by atoms with van der Waals surface area (Å²) in [5.74, 6) is 1.85. The Morgan fingerprint density at radius 1 is 1.47 bits per heavy atom. The Balaban J connectivity index is 2.47. The van der Waals surface area contributed by atoms with Gasteiger partial charge in [0.05, 0.1) is 11.6 Å². The minimum Gasteiger partial charge on any atom is -0.492 e. The Bertz CT molecular complexity index is 307. The van der Waals surface area contributed by atoms with Crippen molar-refractivity contribution in [3.63, 3.8) is 0 Å². The van der Waals surface area contributed by atoms with Crippen LogP contribution in [-0.4, -0.2) is 18.6 Å². The molecule has 15 heavy (non-hydrogen) atoms. The fraction of sp³-hybridized carbons (Fsp3) is 0.455. The molecule has 2 N–H and O–H groups in total. The monoisotopic (exact) mass is 245 g/mol. The molecule has 1 aromatic rings. The van der Waals surface area contributed by atoms with E-state index in [9.17, 15) is 0 Å². The Morgan fingerprint density at radius 2 is 2.27 bits per heavy atom. The first-order valence-corrected chi connectivity index (χ1v) is 6.65. The summed E-state index contributed by atoms with van der Waals surface area (Å²) < 4.78 is 5.55. The summed E-state index contributed by atoms with van der Waals surface area (Å²) >= 11 is 7.85. The standard InChI is InChI=1S/C11H16ClNOS/c1-15-6-2-5-14-11-4-3-9(8-13)7-10(11)12/h3-4,7H,2,5-6,8,13H2,1H3. The highest BCUT2D eigenvalue weighted by atomic mass is 35.5. The Labute approximate surface area is 100 Å². The predicted octanol–water partition coefficient (Wildman–Crippen LogP) is 2.93. The molecule has 0 spiro atoms. The Kier molecular flexibility index (Phi) is 5.91. The van der Waals surface area contributed by atoms with Crippen LogP contribution >= 0.6 is 23.4 Å². The van der Waals surface area contributed by atoms with E-state index in [4.69, 9.17) is 22.1 Å². The number of hydrogen-bond donors (Lipinski definition) is 1. The summed E-state index contributed by atoms with van der Waals surface area (Å²) in [6, 6.07) is 5.67. The number of nitrogens with two attached hydrogens (primary N) is 1. The van der Waals surface area contributed by atoms with E-state index in [1.54, 1.807) is 0 Å². The maximum absolute atomic E-state index is 6.04. The topological polar surface area (TPSA) is 35.2 Å². The van der Waals surface area contributed by atoms with E-state index in [1.165, 1.54) is 0 Å². The van der Waals surface area contributed by atoms with Crippen LogP contribution in [0.3, 0.4) is 0 Å². The highest BCUT2D eigenvalue weighted by Crippen LogP contribution is 2.25. The maximum Gasteiger partial charge on any atom is 0.137 e. The lowest BCUT2D eigenvalue weighted by atomic mass is 10.2. The van der Waals surface area contributed by atoms with Gasteiger partial charge in [-0.05, 0) is 36.1 Å². The van der Waals surface area contributed by atoms with Crippen molar-refractivity contribution in [2.45, 2.75) is 13.0 Å². The van der Waals surface area contributed by atoms with Gasteiger partial charge in [0.2, 0.25) is 0 Å². The molecule has 0 amide bonds. The van der Waals surface area contributed by atoms with Crippen molar-refractivity contribution in [2.24, 2.45) is 5.73 Å². The van der Waals surface area contributed by atoms with Crippen LogP contribution in [0, 0.1) is 0 Å². The van der Waals surface area contributed by atoms with Crippen molar-refractivity contribution in [1.82, 2.24) is 0 Å². The van der Waals surface area contributed by atoms with E-state index in [1.807, 2.05) is 30.0 Å². The third-order valence-electron chi connectivity index (χ3n) is 1.98. The van der Waals surface area contributed by atoms with Gasteiger partial charge in [-0.2, -0.15) is 11.8 Å². The van der Waals surface area contributed by atoms with Gasteiger partial charge in [-0.1, -0.05) is 17.7 Å². The first kappa shape index (κ1) is 12.7. The Hall–Kier alpha value is -0.380. The summed E-state index contributed by atoms with van der Waals surface area (Å²) in [5.41, 5.74) is 6.53. The molecule has 0 heterocycles. The van der Waals surface area contributed by atoms with E-state index >= 15 is 0 Å². The average molecular weight is 246 g/mol. The predicted molar refractivity (Wildman–Crippen MR) is 67.8 cm³/mol. The van der Waals surface area contributed by atoms with Crippen molar-refractivity contribution < 1.29 is 4.74 Å². The van der Waals surface area contributed by atoms with Crippen molar-refractivity contribution in [1.29, 1.82) is 0 Å². The molecule has 0 bridgehead atoms. The number of benzene rings is 1. The molecule has 0 aliphatic heterocycles. The Morgan fingerprint density at radius 3 is 2.87 bits per heavy atom. The van der Waals surface area contributed by atoms with Crippen LogP contribution in [0.15, 0.2) is 18.2 Å². The van der Waals surface area contributed by atoms with Gasteiger partial charge < -0.3 is 10.5 Å². The molecule has 0 saturated carbocycles. The molecule has 0 unspecified atom stereocenters. The first-order chi connectivity index (χ1) is 7.27. The van der Waals surface area contributed by atoms with Crippen LogP contribution in [0.5, 0.6) is 5.75 Å². The molecule has 0 atom stereocenters. The fourth-order valence-corrected chi connectivity index (χ4v) is 1.84. The molecule has 4 heteroatoms. The van der Waals surface area contributed by atoms with Crippen LogP contribution in [0.1, 0.15) is 12.0 Å². The maximum atomic E-state index is 6.04. The zero-order chi connectivity index (χ0) is 11.1. The second-order valence-corrected chi connectivity index (χ2v) is 4.56. The normalized spacial score (nSPS) is 10.3. The van der Waals surface area contributed by atoms with Crippen molar-refractivity contribution in [3.8, 4) is 5.75 Å². The van der Waals surface area contributed by atoms with E-state index < -0.39 is 0 Å². The molecular formula is C11H16ClNOS. The number of rotatable bonds is 6. The van der Waals surface area contributed by atoms with Crippen LogP contribution in [0.4, 0.5) is 0 Å². The van der Waals surface area contributed by atoms with E-state index in [0.29, 0.717) is 18.2 Å². The quantitative estimate of drug-likeness (QED) is 0.783. The number of ether oxygens (including phenoxy) is 1. The van der Waals surface area contributed by atoms with E-state index in [-0.39, 0.29) is 0 Å². The van der Waals surface area contributed by atoms with Crippen molar-refractivity contribution in [2.75, 3.05) is 18.6 Å². The molecular weight excluding hydrogens is 230 g/mol. The molecule has 0 aliphatic rings. The second-order valence-electron chi connectivity index (χ2n) is 3.16. The SMILES string of the molecule is CSCCCOc1ccc(CN)cc1Cl. The summed E-state index contributed by atoms with van der Waals surface area (Å²) in [4.78, 5) is 0. The number of halogens is 1. The van der Waals surface area contributed by atoms with Gasteiger partial charge in [0.15, 0.2) is 0 Å². The second kappa shape index (κ2) is 6.99. The smallest absolute Gasteiger partial charge is 0.137 e. The van der Waals surface area contributed by atoms with Gasteiger partial charge in [0.25, 0.3) is 0 Å². The number of hydrogen-bond acceptors (Lipinski definition) is 3. The third-order valence-corrected chi connectivity index (χ3v) is 2.97. The van der Waals surface area contributed by atoms with Gasteiger partial charge in [0, 0.05) is 6.54 Å². The zero-order valence-corrected chi connectivity index (χ0v) is 10.4. The lowest BCUT2D eigenvalue weighted by Crippen LogP contribution is -2.00. The van der Waals surface area contributed by atoms with E-state index in [0.717, 1.165) is 23.5 Å². The van der Waals surface area contributed by atoms with Gasteiger partial charge in [-0.25, -0.2) is 0 Å². The van der Waals surface area contributed by atoms with Crippen LogP contribution in [0.25, 0.3) is 0 Å². The van der Waals surface area contributed by atoms with Crippen LogP contribution < -0.4 is 10.5 Å². The highest BCUT2D eigenvalue weighted by Gasteiger charge is 2.01. The molecule has 0 radical (unpaired) electrons. The van der Waals surface area contributed by atoms with Crippen molar-refractivity contribution >= 4 is 23.4 Å². The molecule has 0 fully saturated rings. The fourth-order valence-electron chi connectivity index (χ4n) is 1.17. The largest absolute Gasteiger partial charge is 0.492 e. The summed E-state index contributed by atoms with van der Waals surface area (Å²) in [7, 11) is 0. The van der Waals surface area contributed by atoms with Gasteiger partial charge >= 0.3 is 0 Å². The third kappa shape index (κ3) is 4.33. The summed E-state index contributed by atoms with van der Waals surface area (Å²) in [6.07, 6.45) is 3.12. The minimum atomic E-state index is 0.506. The molecule has 1 rings (SSSR count). The molecule has 1 aromatic carbocycles. The summed E-state index contributed by atoms with van der Waals surface area (Å²) in [5, 5.41) is 0.641. The van der Waals surface area contributed by atoms with Gasteiger partial charge in [0.1, 0.15) is 5.75 Å². The van der Waals surface area contributed by atoms with Crippen LogP contribution in [0.2, 0.25) is 5.02 Å². The van der Waals surface area contributed by atoms with Crippen molar-refractivity contribution in [3.05, 3.63) is 28.8 Å². The minimum absolute atomic E-state index is 0.506. The lowest BCUT2D eigenvalue weighted by Gasteiger charge is -2.08. The summed E-state index contributed by atoms with van der Waals surface area (Å²) in [6.45, 7) is 1.22. The molecule has 0 aromatic heterocycles.